The molecule has 1 N–H and O–H groups in total. The van der Waals surface area contributed by atoms with E-state index < -0.39 is 11.9 Å². The molecule has 1 unspecified atom stereocenters. The summed E-state index contributed by atoms with van der Waals surface area (Å²) in [5.74, 6) is 0.300. The van der Waals surface area contributed by atoms with Gasteiger partial charge in [-0.1, -0.05) is 94.1 Å². The van der Waals surface area contributed by atoms with E-state index in [0.29, 0.717) is 41.2 Å². The maximum atomic E-state index is 13.0. The van der Waals surface area contributed by atoms with Gasteiger partial charge in [-0.3, -0.25) is 14.4 Å². The summed E-state index contributed by atoms with van der Waals surface area (Å²) < 4.78 is 11.1. The van der Waals surface area contributed by atoms with Gasteiger partial charge in [0, 0.05) is 24.1 Å². The van der Waals surface area contributed by atoms with Crippen molar-refractivity contribution in [2.75, 3.05) is 7.11 Å². The molecule has 0 heterocycles. The van der Waals surface area contributed by atoms with Gasteiger partial charge in [-0.15, -0.1) is 0 Å². The Bertz CT molecular complexity index is 1270. The lowest BCUT2D eigenvalue weighted by molar-refractivity contribution is -0.135. The molecular formula is C34H41NO5. The summed E-state index contributed by atoms with van der Waals surface area (Å²) in [4.78, 5) is 38.1. The number of carbonyl (C=O) groups excluding carboxylic acids is 3. The van der Waals surface area contributed by atoms with Crippen LogP contribution in [0.2, 0.25) is 0 Å². The lowest BCUT2D eigenvalue weighted by Crippen LogP contribution is -2.22. The number of ketones is 1. The van der Waals surface area contributed by atoms with E-state index in [0.717, 1.165) is 24.3 Å². The molecule has 0 radical (unpaired) electrons. The zero-order valence-electron chi connectivity index (χ0n) is 24.1. The van der Waals surface area contributed by atoms with Crippen molar-refractivity contribution in [1.82, 2.24) is 5.32 Å². The van der Waals surface area contributed by atoms with Gasteiger partial charge in [-0.25, -0.2) is 0 Å². The van der Waals surface area contributed by atoms with Gasteiger partial charge in [0.2, 0.25) is 5.91 Å². The Hall–Kier alpha value is -3.93. The molecule has 6 nitrogen and oxygen atoms in total. The third kappa shape index (κ3) is 9.37. The smallest absolute Gasteiger partial charge is 0.318 e. The molecule has 0 aliphatic heterocycles. The zero-order chi connectivity index (χ0) is 28.9. The van der Waals surface area contributed by atoms with Crippen LogP contribution >= 0.6 is 0 Å². The van der Waals surface area contributed by atoms with Gasteiger partial charge < -0.3 is 14.8 Å². The van der Waals surface area contributed by atoms with Crippen LogP contribution in [0.15, 0.2) is 72.8 Å². The Morgan fingerprint density at radius 3 is 2.23 bits per heavy atom. The molecule has 0 fully saturated rings. The number of unbranched alkanes of at least 4 members (excludes halogenated alkanes) is 3. The molecule has 0 saturated heterocycles. The van der Waals surface area contributed by atoms with Crippen LogP contribution in [0.5, 0.6) is 11.5 Å². The number of benzene rings is 3. The Labute approximate surface area is 238 Å². The Balaban J connectivity index is 1.54. The van der Waals surface area contributed by atoms with Crippen molar-refractivity contribution in [2.24, 2.45) is 5.92 Å². The molecule has 0 aromatic heterocycles. The summed E-state index contributed by atoms with van der Waals surface area (Å²) in [7, 11) is 1.51. The highest BCUT2D eigenvalue weighted by atomic mass is 16.6. The molecule has 0 bridgehead atoms. The molecule has 0 aliphatic rings. The molecule has 3 rings (SSSR count). The molecule has 0 spiro atoms. The van der Waals surface area contributed by atoms with Crippen molar-refractivity contribution in [3.8, 4) is 11.5 Å². The van der Waals surface area contributed by atoms with Gasteiger partial charge >= 0.3 is 5.97 Å². The fourth-order valence-electron chi connectivity index (χ4n) is 4.43. The average Bonchev–Trinajstić information content (AvgIpc) is 2.97. The Morgan fingerprint density at radius 2 is 1.50 bits per heavy atom. The first-order chi connectivity index (χ1) is 19.3. The lowest BCUT2D eigenvalue weighted by Gasteiger charge is -2.15. The molecule has 212 valence electrons. The first-order valence-electron chi connectivity index (χ1n) is 14.1. The fraction of sp³-hybridized carbons (Fsp3) is 0.382. The van der Waals surface area contributed by atoms with Crippen LogP contribution in [0, 0.1) is 5.92 Å². The van der Waals surface area contributed by atoms with Crippen molar-refractivity contribution in [3.63, 3.8) is 0 Å². The summed E-state index contributed by atoms with van der Waals surface area (Å²) in [6.45, 7) is 6.58. The minimum atomic E-state index is -0.599. The Morgan fingerprint density at radius 1 is 0.775 bits per heavy atom. The normalized spacial score (nSPS) is 11.6. The fourth-order valence-corrected chi connectivity index (χ4v) is 4.43. The van der Waals surface area contributed by atoms with Crippen molar-refractivity contribution >= 4 is 17.7 Å². The average molecular weight is 544 g/mol. The second kappa shape index (κ2) is 15.6. The summed E-state index contributed by atoms with van der Waals surface area (Å²) in [5, 5.41) is 2.96. The molecular weight excluding hydrogens is 502 g/mol. The van der Waals surface area contributed by atoms with Crippen LogP contribution in [0.3, 0.4) is 0 Å². The maximum absolute atomic E-state index is 13.0. The maximum Gasteiger partial charge on any atom is 0.318 e. The predicted molar refractivity (Wildman–Crippen MR) is 158 cm³/mol. The van der Waals surface area contributed by atoms with Crippen molar-refractivity contribution in [2.45, 2.75) is 71.8 Å². The van der Waals surface area contributed by atoms with Crippen molar-refractivity contribution in [3.05, 3.63) is 95.1 Å². The van der Waals surface area contributed by atoms with Gasteiger partial charge in [0.15, 0.2) is 17.3 Å². The van der Waals surface area contributed by atoms with E-state index >= 15 is 0 Å². The van der Waals surface area contributed by atoms with Gasteiger partial charge in [-0.2, -0.15) is 0 Å². The molecule has 40 heavy (non-hydrogen) atoms. The van der Waals surface area contributed by atoms with Crippen LogP contribution < -0.4 is 14.8 Å². The third-order valence-corrected chi connectivity index (χ3v) is 6.90. The molecule has 1 amide bonds. The molecule has 3 aromatic carbocycles. The van der Waals surface area contributed by atoms with Crippen molar-refractivity contribution in [1.29, 1.82) is 0 Å². The quantitative estimate of drug-likeness (QED) is 0.0945. The number of ether oxygens (including phenoxy) is 2. The molecule has 6 heteroatoms. The highest BCUT2D eigenvalue weighted by molar-refractivity contribution is 6.09. The summed E-state index contributed by atoms with van der Waals surface area (Å²) >= 11 is 0. The molecule has 1 atom stereocenters. The standard InChI is InChI=1S/C34H41NO5/c1-24(2)13-8-5-6-11-18-32(36)35-23-26-19-20-30(31(21-26)39-4)40-34(38)25(3)28-16-12-17-29(22-28)33(37)27-14-9-7-10-15-27/h7,9-10,12,14-17,19-22,24-25H,5-6,8,11,13,18,23H2,1-4H3,(H,35,36). The number of amides is 1. The van der Waals surface area contributed by atoms with Crippen LogP contribution in [0.25, 0.3) is 0 Å². The zero-order valence-corrected chi connectivity index (χ0v) is 24.1. The highest BCUT2D eigenvalue weighted by Gasteiger charge is 2.21. The third-order valence-electron chi connectivity index (χ3n) is 6.90. The summed E-state index contributed by atoms with van der Waals surface area (Å²) in [6, 6.07) is 21.3. The monoisotopic (exact) mass is 543 g/mol. The van der Waals surface area contributed by atoms with E-state index in [1.807, 2.05) is 24.3 Å². The van der Waals surface area contributed by atoms with Gasteiger partial charge in [0.05, 0.1) is 13.0 Å². The van der Waals surface area contributed by atoms with E-state index in [1.54, 1.807) is 55.5 Å². The first-order valence-corrected chi connectivity index (χ1v) is 14.1. The van der Waals surface area contributed by atoms with E-state index in [4.69, 9.17) is 9.47 Å². The number of rotatable bonds is 15. The minimum Gasteiger partial charge on any atom is -0.493 e. The number of hydrogen-bond donors (Lipinski definition) is 1. The number of methoxy groups -OCH3 is 1. The number of nitrogens with one attached hydrogen (secondary N) is 1. The van der Waals surface area contributed by atoms with E-state index in [9.17, 15) is 14.4 Å². The largest absolute Gasteiger partial charge is 0.493 e. The summed E-state index contributed by atoms with van der Waals surface area (Å²) in [5.41, 5.74) is 2.64. The van der Waals surface area contributed by atoms with E-state index in [-0.39, 0.29) is 11.7 Å². The van der Waals surface area contributed by atoms with E-state index in [2.05, 4.69) is 19.2 Å². The SMILES string of the molecule is COc1cc(CNC(=O)CCCCCCC(C)C)ccc1OC(=O)C(C)c1cccc(C(=O)c2ccccc2)c1. The number of esters is 1. The topological polar surface area (TPSA) is 81.7 Å². The molecule has 0 aliphatic carbocycles. The number of hydrogen-bond acceptors (Lipinski definition) is 5. The van der Waals surface area contributed by atoms with Gasteiger partial charge in [0.1, 0.15) is 0 Å². The Kier molecular flexibility index (Phi) is 11.9. The minimum absolute atomic E-state index is 0.0279. The first kappa shape index (κ1) is 30.6. The van der Waals surface area contributed by atoms with Gasteiger partial charge in [-0.05, 0) is 48.6 Å². The van der Waals surface area contributed by atoms with Crippen molar-refractivity contribution < 1.29 is 23.9 Å². The number of carbonyl (C=O) groups is 3. The second-order valence-corrected chi connectivity index (χ2v) is 10.6. The molecule has 0 saturated carbocycles. The summed E-state index contributed by atoms with van der Waals surface area (Å²) in [6.07, 6.45) is 6.10. The van der Waals surface area contributed by atoms with Crippen LogP contribution in [-0.2, 0) is 16.1 Å². The second-order valence-electron chi connectivity index (χ2n) is 10.6. The predicted octanol–water partition coefficient (Wildman–Crippen LogP) is 7.25. The van der Waals surface area contributed by atoms with Crippen LogP contribution in [0.4, 0.5) is 0 Å². The van der Waals surface area contributed by atoms with E-state index in [1.165, 1.54) is 26.4 Å². The highest BCUT2D eigenvalue weighted by Crippen LogP contribution is 2.30. The lowest BCUT2D eigenvalue weighted by atomic mass is 9.96. The van der Waals surface area contributed by atoms with Crippen LogP contribution in [0.1, 0.15) is 92.3 Å². The van der Waals surface area contributed by atoms with Crippen LogP contribution in [-0.4, -0.2) is 24.8 Å². The molecule has 3 aromatic rings. The van der Waals surface area contributed by atoms with Gasteiger partial charge in [0.25, 0.3) is 0 Å².